The lowest BCUT2D eigenvalue weighted by atomic mass is 9.90. The Balaban J connectivity index is 3.52. The standard InChI is InChI=1S/C12H18O3S/c1-7-8(2)10(4)12(6-16(13,14)15)11(5)9(7)3/h6H2,1-5H3,(H,13,14,15). The van der Waals surface area contributed by atoms with Gasteiger partial charge in [-0.2, -0.15) is 8.42 Å². The van der Waals surface area contributed by atoms with E-state index in [1.165, 1.54) is 5.56 Å². The third-order valence-electron chi connectivity index (χ3n) is 3.48. The van der Waals surface area contributed by atoms with Crippen LogP contribution in [-0.2, 0) is 15.9 Å². The van der Waals surface area contributed by atoms with Gasteiger partial charge >= 0.3 is 0 Å². The molecule has 0 heterocycles. The Morgan fingerprint density at radius 2 is 1.12 bits per heavy atom. The predicted octanol–water partition coefficient (Wildman–Crippen LogP) is 2.62. The first kappa shape index (κ1) is 13.2. The molecule has 0 aliphatic heterocycles. The molecule has 3 nitrogen and oxygen atoms in total. The summed E-state index contributed by atoms with van der Waals surface area (Å²) in [5.41, 5.74) is 6.03. The summed E-state index contributed by atoms with van der Waals surface area (Å²) in [5, 5.41) is 0. The monoisotopic (exact) mass is 242 g/mol. The average molecular weight is 242 g/mol. The Bertz CT molecular complexity index is 499. The highest BCUT2D eigenvalue weighted by Crippen LogP contribution is 2.27. The predicted molar refractivity (Wildman–Crippen MR) is 65.4 cm³/mol. The molecule has 0 spiro atoms. The van der Waals surface area contributed by atoms with Crippen molar-refractivity contribution in [1.82, 2.24) is 0 Å². The molecule has 0 atom stereocenters. The second-order valence-electron chi connectivity index (χ2n) is 4.33. The van der Waals surface area contributed by atoms with Crippen molar-refractivity contribution in [3.05, 3.63) is 33.4 Å². The largest absolute Gasteiger partial charge is 0.285 e. The third-order valence-corrected chi connectivity index (χ3v) is 4.14. The summed E-state index contributed by atoms with van der Waals surface area (Å²) in [6, 6.07) is 0. The van der Waals surface area contributed by atoms with Gasteiger partial charge in [0.05, 0.1) is 0 Å². The molecule has 1 aromatic carbocycles. The van der Waals surface area contributed by atoms with Crippen molar-refractivity contribution in [3.8, 4) is 0 Å². The van der Waals surface area contributed by atoms with Crippen LogP contribution in [0.5, 0.6) is 0 Å². The van der Waals surface area contributed by atoms with Gasteiger partial charge in [0.1, 0.15) is 5.75 Å². The van der Waals surface area contributed by atoms with Gasteiger partial charge in [0.25, 0.3) is 10.1 Å². The van der Waals surface area contributed by atoms with Gasteiger partial charge in [-0.1, -0.05) is 0 Å². The van der Waals surface area contributed by atoms with Gasteiger partial charge in [0.15, 0.2) is 0 Å². The zero-order valence-corrected chi connectivity index (χ0v) is 11.2. The van der Waals surface area contributed by atoms with Gasteiger partial charge in [-0.15, -0.1) is 0 Å². The summed E-state index contributed by atoms with van der Waals surface area (Å²) in [5.74, 6) is -0.299. The molecule has 0 fully saturated rings. The number of rotatable bonds is 2. The Morgan fingerprint density at radius 1 is 0.812 bits per heavy atom. The van der Waals surface area contributed by atoms with E-state index in [-0.39, 0.29) is 5.75 Å². The maximum atomic E-state index is 11.0. The molecule has 0 bridgehead atoms. The molecule has 90 valence electrons. The van der Waals surface area contributed by atoms with E-state index in [4.69, 9.17) is 4.55 Å². The first-order chi connectivity index (χ1) is 7.15. The summed E-state index contributed by atoms with van der Waals surface area (Å²) >= 11 is 0. The van der Waals surface area contributed by atoms with Crippen LogP contribution in [0, 0.1) is 34.6 Å². The molecule has 16 heavy (non-hydrogen) atoms. The lowest BCUT2D eigenvalue weighted by Crippen LogP contribution is -2.09. The van der Waals surface area contributed by atoms with Crippen molar-refractivity contribution in [2.75, 3.05) is 0 Å². The van der Waals surface area contributed by atoms with Crippen molar-refractivity contribution >= 4 is 10.1 Å². The highest BCUT2D eigenvalue weighted by atomic mass is 32.2. The van der Waals surface area contributed by atoms with Crippen LogP contribution in [-0.4, -0.2) is 13.0 Å². The van der Waals surface area contributed by atoms with Crippen molar-refractivity contribution in [2.24, 2.45) is 0 Å². The van der Waals surface area contributed by atoms with E-state index >= 15 is 0 Å². The van der Waals surface area contributed by atoms with Gasteiger partial charge in [-0.05, 0) is 68.0 Å². The second-order valence-corrected chi connectivity index (χ2v) is 5.78. The molecular formula is C12H18O3S. The van der Waals surface area contributed by atoms with Crippen molar-refractivity contribution in [1.29, 1.82) is 0 Å². The number of hydrogen-bond acceptors (Lipinski definition) is 2. The van der Waals surface area contributed by atoms with Crippen molar-refractivity contribution < 1.29 is 13.0 Å². The number of hydrogen-bond donors (Lipinski definition) is 1. The van der Waals surface area contributed by atoms with E-state index in [2.05, 4.69) is 0 Å². The van der Waals surface area contributed by atoms with E-state index in [1.807, 2.05) is 34.6 Å². The van der Waals surface area contributed by atoms with Crippen molar-refractivity contribution in [2.45, 2.75) is 40.4 Å². The summed E-state index contributed by atoms with van der Waals surface area (Å²) in [7, 11) is -3.97. The highest BCUT2D eigenvalue weighted by Gasteiger charge is 2.16. The Morgan fingerprint density at radius 3 is 1.44 bits per heavy atom. The van der Waals surface area contributed by atoms with Gasteiger partial charge in [-0.3, -0.25) is 4.55 Å². The molecule has 4 heteroatoms. The SMILES string of the molecule is Cc1c(C)c(C)c(CS(=O)(=O)O)c(C)c1C. The maximum Gasteiger partial charge on any atom is 0.269 e. The minimum atomic E-state index is -3.97. The maximum absolute atomic E-state index is 11.0. The molecule has 1 aromatic rings. The van der Waals surface area contributed by atoms with Gasteiger partial charge in [0, 0.05) is 0 Å². The second kappa shape index (κ2) is 4.18. The molecular weight excluding hydrogens is 224 g/mol. The molecule has 1 rings (SSSR count). The summed E-state index contributed by atoms with van der Waals surface area (Å²) < 4.78 is 30.9. The van der Waals surface area contributed by atoms with Crippen LogP contribution < -0.4 is 0 Å². The molecule has 0 unspecified atom stereocenters. The fraction of sp³-hybridized carbons (Fsp3) is 0.500. The molecule has 0 saturated heterocycles. The third kappa shape index (κ3) is 2.44. The lowest BCUT2D eigenvalue weighted by Gasteiger charge is -2.17. The first-order valence-electron chi connectivity index (χ1n) is 5.16. The van der Waals surface area contributed by atoms with Crippen LogP contribution >= 0.6 is 0 Å². The minimum absolute atomic E-state index is 0.299. The van der Waals surface area contributed by atoms with E-state index in [1.54, 1.807) is 0 Å². The topological polar surface area (TPSA) is 54.4 Å². The molecule has 0 aliphatic rings. The lowest BCUT2D eigenvalue weighted by molar-refractivity contribution is 0.482. The molecule has 0 amide bonds. The first-order valence-corrected chi connectivity index (χ1v) is 6.77. The van der Waals surface area contributed by atoms with Crippen LogP contribution in [0.25, 0.3) is 0 Å². The number of benzene rings is 1. The molecule has 0 aliphatic carbocycles. The molecule has 0 saturated carbocycles. The fourth-order valence-electron chi connectivity index (χ4n) is 1.98. The average Bonchev–Trinajstić information content (AvgIpc) is 2.17. The fourth-order valence-corrected chi connectivity index (χ4v) is 2.77. The molecule has 1 N–H and O–H groups in total. The Labute approximate surface area is 97.2 Å². The zero-order valence-electron chi connectivity index (χ0n) is 10.4. The minimum Gasteiger partial charge on any atom is -0.285 e. The molecule has 0 aromatic heterocycles. The van der Waals surface area contributed by atoms with E-state index < -0.39 is 10.1 Å². The van der Waals surface area contributed by atoms with Crippen LogP contribution in [0.2, 0.25) is 0 Å². The van der Waals surface area contributed by atoms with Crippen LogP contribution in [0.4, 0.5) is 0 Å². The summed E-state index contributed by atoms with van der Waals surface area (Å²) in [6.45, 7) is 9.78. The molecule has 0 radical (unpaired) electrons. The Kier molecular flexibility index (Phi) is 3.45. The highest BCUT2D eigenvalue weighted by molar-refractivity contribution is 7.85. The summed E-state index contributed by atoms with van der Waals surface area (Å²) in [6.07, 6.45) is 0. The van der Waals surface area contributed by atoms with Gasteiger partial charge in [-0.25, -0.2) is 0 Å². The van der Waals surface area contributed by atoms with Crippen LogP contribution in [0.3, 0.4) is 0 Å². The van der Waals surface area contributed by atoms with Crippen molar-refractivity contribution in [3.63, 3.8) is 0 Å². The van der Waals surface area contributed by atoms with Crippen LogP contribution in [0.15, 0.2) is 0 Å². The zero-order chi connectivity index (χ0) is 12.7. The van der Waals surface area contributed by atoms with E-state index in [9.17, 15) is 8.42 Å². The van der Waals surface area contributed by atoms with E-state index in [0.29, 0.717) is 0 Å². The van der Waals surface area contributed by atoms with E-state index in [0.717, 1.165) is 27.8 Å². The van der Waals surface area contributed by atoms with Crippen LogP contribution in [0.1, 0.15) is 33.4 Å². The smallest absolute Gasteiger partial charge is 0.269 e. The van der Waals surface area contributed by atoms with Gasteiger partial charge in [0.2, 0.25) is 0 Å². The summed E-state index contributed by atoms with van der Waals surface area (Å²) in [4.78, 5) is 0. The Hall–Kier alpha value is -0.870. The van der Waals surface area contributed by atoms with Gasteiger partial charge < -0.3 is 0 Å². The normalized spacial score (nSPS) is 11.9. The quantitative estimate of drug-likeness (QED) is 0.811.